The van der Waals surface area contributed by atoms with Crippen molar-refractivity contribution in [3.8, 4) is 0 Å². The predicted octanol–water partition coefficient (Wildman–Crippen LogP) is 0.430. The van der Waals surface area contributed by atoms with Crippen molar-refractivity contribution in [3.05, 3.63) is 29.8 Å². The number of anilines is 1. The van der Waals surface area contributed by atoms with Gasteiger partial charge < -0.3 is 5.43 Å². The van der Waals surface area contributed by atoms with Gasteiger partial charge in [-0.25, -0.2) is 0 Å². The quantitative estimate of drug-likeness (QED) is 0.456. The third kappa shape index (κ3) is 1.33. The maximum absolute atomic E-state index is 10.0. The fraction of sp³-hybridized carbons (Fsp3) is 0. The minimum atomic E-state index is 0.527. The van der Waals surface area contributed by atoms with E-state index in [9.17, 15) is 4.79 Å². The molecule has 0 amide bonds. The Labute approximate surface area is 58.8 Å². The summed E-state index contributed by atoms with van der Waals surface area (Å²) in [6.45, 7) is 0. The average molecular weight is 135 g/mol. The molecule has 3 nitrogen and oxygen atoms in total. The van der Waals surface area contributed by atoms with Gasteiger partial charge in [-0.05, 0) is 24.3 Å². The Morgan fingerprint density at radius 3 is 2.30 bits per heavy atom. The number of nitrogens with one attached hydrogen (secondary N) is 1. The van der Waals surface area contributed by atoms with Crippen molar-refractivity contribution in [1.29, 1.82) is 0 Å². The molecule has 3 heteroatoms. The van der Waals surface area contributed by atoms with Gasteiger partial charge >= 0.3 is 0 Å². The van der Waals surface area contributed by atoms with Crippen LogP contribution in [-0.2, 0) is 4.79 Å². The first-order valence-corrected chi connectivity index (χ1v) is 2.81. The van der Waals surface area contributed by atoms with E-state index in [-0.39, 0.29) is 0 Å². The monoisotopic (exact) mass is 135 g/mol. The van der Waals surface area contributed by atoms with Gasteiger partial charge in [0, 0.05) is 11.3 Å². The molecule has 1 rings (SSSR count). The molecule has 0 saturated carbocycles. The van der Waals surface area contributed by atoms with Gasteiger partial charge in [-0.1, -0.05) is 0 Å². The van der Waals surface area contributed by atoms with Crippen LogP contribution < -0.4 is 11.3 Å². The maximum Gasteiger partial charge on any atom is 0.233 e. The Hall–Kier alpha value is -1.35. The molecule has 0 aromatic heterocycles. The van der Waals surface area contributed by atoms with Crippen molar-refractivity contribution in [2.45, 2.75) is 0 Å². The molecule has 1 radical (unpaired) electrons. The first-order chi connectivity index (χ1) is 4.86. The highest BCUT2D eigenvalue weighted by molar-refractivity contribution is 5.76. The summed E-state index contributed by atoms with van der Waals surface area (Å²) in [5.41, 5.74) is 3.75. The van der Waals surface area contributed by atoms with E-state index in [0.29, 0.717) is 5.56 Å². The third-order valence-corrected chi connectivity index (χ3v) is 1.17. The molecule has 0 spiro atoms. The predicted molar refractivity (Wildman–Crippen MR) is 39.0 cm³/mol. The lowest BCUT2D eigenvalue weighted by molar-refractivity contribution is 0.563. The minimum Gasteiger partial charge on any atom is -0.324 e. The second kappa shape index (κ2) is 2.98. The van der Waals surface area contributed by atoms with Gasteiger partial charge in [-0.2, -0.15) is 0 Å². The smallest absolute Gasteiger partial charge is 0.233 e. The number of hydrazine groups is 1. The van der Waals surface area contributed by atoms with E-state index < -0.39 is 0 Å². The summed E-state index contributed by atoms with van der Waals surface area (Å²) in [7, 11) is 0. The summed E-state index contributed by atoms with van der Waals surface area (Å²) >= 11 is 0. The first-order valence-electron chi connectivity index (χ1n) is 2.81. The topological polar surface area (TPSA) is 55.1 Å². The maximum atomic E-state index is 10.0. The highest BCUT2D eigenvalue weighted by atomic mass is 16.1. The van der Waals surface area contributed by atoms with Gasteiger partial charge in [0.05, 0.1) is 0 Å². The molecule has 0 aliphatic rings. The highest BCUT2D eigenvalue weighted by Gasteiger charge is 1.89. The van der Waals surface area contributed by atoms with Crippen molar-refractivity contribution in [1.82, 2.24) is 0 Å². The lowest BCUT2D eigenvalue weighted by Crippen LogP contribution is -2.06. The van der Waals surface area contributed by atoms with E-state index in [1.807, 2.05) is 0 Å². The normalized spacial score (nSPS) is 8.90. The Balaban J connectivity index is 2.90. The van der Waals surface area contributed by atoms with E-state index in [1.165, 1.54) is 0 Å². The molecular weight excluding hydrogens is 128 g/mol. The highest BCUT2D eigenvalue weighted by Crippen LogP contribution is 2.05. The van der Waals surface area contributed by atoms with Crippen LogP contribution in [0.3, 0.4) is 0 Å². The SMILES string of the molecule is NNc1ccc([C]=O)cc1. The number of carbonyl (C=O) groups excluding carboxylic acids is 1. The van der Waals surface area contributed by atoms with Crippen molar-refractivity contribution < 1.29 is 4.79 Å². The second-order valence-corrected chi connectivity index (χ2v) is 1.82. The first kappa shape index (κ1) is 6.77. The summed E-state index contributed by atoms with van der Waals surface area (Å²) < 4.78 is 0. The summed E-state index contributed by atoms with van der Waals surface area (Å²) in [6, 6.07) is 6.70. The zero-order valence-electron chi connectivity index (χ0n) is 5.29. The standard InChI is InChI=1S/C7H7N2O/c8-9-7-3-1-6(5-10)2-4-7/h1-4,9H,8H2. The van der Waals surface area contributed by atoms with Gasteiger partial charge in [0.15, 0.2) is 0 Å². The minimum absolute atomic E-state index is 0.527. The van der Waals surface area contributed by atoms with Crippen LogP contribution in [0.4, 0.5) is 5.69 Å². The molecule has 3 N–H and O–H groups in total. The van der Waals surface area contributed by atoms with Gasteiger partial charge in [-0.15, -0.1) is 0 Å². The van der Waals surface area contributed by atoms with E-state index in [1.54, 1.807) is 30.6 Å². The van der Waals surface area contributed by atoms with Crippen molar-refractivity contribution >= 4 is 12.0 Å². The van der Waals surface area contributed by atoms with E-state index in [0.717, 1.165) is 5.69 Å². The summed E-state index contributed by atoms with van der Waals surface area (Å²) in [5.74, 6) is 5.09. The zero-order chi connectivity index (χ0) is 7.40. The summed E-state index contributed by atoms with van der Waals surface area (Å²) in [6.07, 6.45) is 1.76. The fourth-order valence-electron chi connectivity index (χ4n) is 0.634. The van der Waals surface area contributed by atoms with Crippen LogP contribution in [0.2, 0.25) is 0 Å². The number of hydrogen-bond acceptors (Lipinski definition) is 3. The van der Waals surface area contributed by atoms with Crippen LogP contribution in [0.1, 0.15) is 5.56 Å². The van der Waals surface area contributed by atoms with Crippen LogP contribution >= 0.6 is 0 Å². The van der Waals surface area contributed by atoms with Crippen molar-refractivity contribution in [2.75, 3.05) is 5.43 Å². The van der Waals surface area contributed by atoms with Crippen LogP contribution in [0, 0.1) is 0 Å². The molecule has 51 valence electrons. The molecule has 0 aliphatic carbocycles. The average Bonchev–Trinajstić information content (AvgIpc) is 2.05. The van der Waals surface area contributed by atoms with Crippen LogP contribution in [-0.4, -0.2) is 6.29 Å². The molecular formula is C7H7N2O. The molecule has 0 fully saturated rings. The molecule has 1 aromatic rings. The number of nitrogens with two attached hydrogens (primary N) is 1. The molecule has 0 atom stereocenters. The van der Waals surface area contributed by atoms with Crippen LogP contribution in [0.15, 0.2) is 24.3 Å². The Bertz CT molecular complexity index is 218. The Kier molecular flexibility index (Phi) is 2.02. The summed E-state index contributed by atoms with van der Waals surface area (Å²) in [5, 5.41) is 0. The molecule has 0 saturated heterocycles. The van der Waals surface area contributed by atoms with Gasteiger partial charge in [0.2, 0.25) is 6.29 Å². The number of rotatable bonds is 2. The number of hydrogen-bond donors (Lipinski definition) is 2. The van der Waals surface area contributed by atoms with Crippen molar-refractivity contribution in [3.63, 3.8) is 0 Å². The molecule has 1 aromatic carbocycles. The third-order valence-electron chi connectivity index (χ3n) is 1.17. The Morgan fingerprint density at radius 2 is 1.90 bits per heavy atom. The van der Waals surface area contributed by atoms with Gasteiger partial charge in [0.1, 0.15) is 0 Å². The fourth-order valence-corrected chi connectivity index (χ4v) is 0.634. The van der Waals surface area contributed by atoms with E-state index in [2.05, 4.69) is 5.43 Å². The van der Waals surface area contributed by atoms with Crippen molar-refractivity contribution in [2.24, 2.45) is 5.84 Å². The lowest BCUT2D eigenvalue weighted by atomic mass is 10.2. The van der Waals surface area contributed by atoms with Gasteiger partial charge in [-0.3, -0.25) is 10.6 Å². The van der Waals surface area contributed by atoms with Crippen LogP contribution in [0.5, 0.6) is 0 Å². The van der Waals surface area contributed by atoms with E-state index in [4.69, 9.17) is 5.84 Å². The number of nitrogen functional groups attached to an aromatic ring is 1. The molecule has 10 heavy (non-hydrogen) atoms. The Morgan fingerprint density at radius 1 is 1.30 bits per heavy atom. The number of benzene rings is 1. The molecule has 0 unspecified atom stereocenters. The second-order valence-electron chi connectivity index (χ2n) is 1.82. The summed E-state index contributed by atoms with van der Waals surface area (Å²) in [4.78, 5) is 10.0. The van der Waals surface area contributed by atoms with Gasteiger partial charge in [0.25, 0.3) is 0 Å². The molecule has 0 aliphatic heterocycles. The molecule has 0 bridgehead atoms. The van der Waals surface area contributed by atoms with E-state index >= 15 is 0 Å². The zero-order valence-corrected chi connectivity index (χ0v) is 5.29. The van der Waals surface area contributed by atoms with Crippen LogP contribution in [0.25, 0.3) is 0 Å². The molecule has 0 heterocycles. The largest absolute Gasteiger partial charge is 0.324 e. The lowest BCUT2D eigenvalue weighted by Gasteiger charge is -1.96.